The standard InChI is InChI=1S/C15H24N2O2S/c1-4-17(10-13-6-5-7-13)20(18,19)15-12(3)11(2)8-9-14(15)16/h8-9,13H,4-7,10,16H2,1-3H3. The molecule has 0 aromatic heterocycles. The molecule has 0 saturated heterocycles. The van der Waals surface area contributed by atoms with E-state index < -0.39 is 10.0 Å². The molecule has 1 aromatic rings. The summed E-state index contributed by atoms with van der Waals surface area (Å²) in [5.74, 6) is 0.510. The van der Waals surface area contributed by atoms with Crippen LogP contribution in [0.3, 0.4) is 0 Å². The number of nitrogens with two attached hydrogens (primary N) is 1. The van der Waals surface area contributed by atoms with E-state index in [-0.39, 0.29) is 0 Å². The zero-order valence-electron chi connectivity index (χ0n) is 12.5. The fraction of sp³-hybridized carbons (Fsp3) is 0.600. The van der Waals surface area contributed by atoms with Crippen molar-refractivity contribution in [3.05, 3.63) is 23.3 Å². The molecule has 1 saturated carbocycles. The van der Waals surface area contributed by atoms with E-state index >= 15 is 0 Å². The predicted molar refractivity (Wildman–Crippen MR) is 82.1 cm³/mol. The Bertz CT molecular complexity index is 592. The van der Waals surface area contributed by atoms with Crippen molar-refractivity contribution in [1.29, 1.82) is 0 Å². The highest BCUT2D eigenvalue weighted by molar-refractivity contribution is 7.89. The van der Waals surface area contributed by atoms with Gasteiger partial charge in [0.15, 0.2) is 0 Å². The molecule has 1 fully saturated rings. The average molecular weight is 296 g/mol. The van der Waals surface area contributed by atoms with Crippen molar-refractivity contribution in [3.8, 4) is 0 Å². The van der Waals surface area contributed by atoms with Gasteiger partial charge in [-0.05, 0) is 49.8 Å². The summed E-state index contributed by atoms with van der Waals surface area (Å²) < 4.78 is 27.3. The molecule has 0 atom stereocenters. The third kappa shape index (κ3) is 2.69. The van der Waals surface area contributed by atoms with E-state index in [0.717, 1.165) is 24.0 Å². The van der Waals surface area contributed by atoms with Gasteiger partial charge in [0.1, 0.15) is 4.90 Å². The first-order chi connectivity index (χ1) is 9.37. The van der Waals surface area contributed by atoms with E-state index in [4.69, 9.17) is 5.73 Å². The number of anilines is 1. The smallest absolute Gasteiger partial charge is 0.245 e. The van der Waals surface area contributed by atoms with E-state index in [0.29, 0.717) is 29.6 Å². The van der Waals surface area contributed by atoms with Gasteiger partial charge in [-0.15, -0.1) is 0 Å². The summed E-state index contributed by atoms with van der Waals surface area (Å²) in [6, 6.07) is 3.55. The minimum absolute atomic E-state index is 0.290. The summed E-state index contributed by atoms with van der Waals surface area (Å²) in [5.41, 5.74) is 8.00. The maximum Gasteiger partial charge on any atom is 0.245 e. The van der Waals surface area contributed by atoms with Crippen LogP contribution in [0, 0.1) is 19.8 Å². The first-order valence-corrected chi connectivity index (χ1v) is 8.67. The Labute approximate surface area is 122 Å². The molecule has 0 bridgehead atoms. The van der Waals surface area contributed by atoms with Gasteiger partial charge in [-0.1, -0.05) is 19.4 Å². The number of rotatable bonds is 5. The van der Waals surface area contributed by atoms with Crippen molar-refractivity contribution in [3.63, 3.8) is 0 Å². The lowest BCUT2D eigenvalue weighted by Crippen LogP contribution is -2.37. The lowest BCUT2D eigenvalue weighted by Gasteiger charge is -2.31. The molecule has 2 N–H and O–H groups in total. The number of sulfonamides is 1. The second-order valence-electron chi connectivity index (χ2n) is 5.68. The molecule has 0 radical (unpaired) electrons. The van der Waals surface area contributed by atoms with E-state index in [1.54, 1.807) is 10.4 Å². The fourth-order valence-electron chi connectivity index (χ4n) is 2.64. The van der Waals surface area contributed by atoms with E-state index in [9.17, 15) is 8.42 Å². The van der Waals surface area contributed by atoms with Gasteiger partial charge in [0.25, 0.3) is 0 Å². The molecule has 5 heteroatoms. The van der Waals surface area contributed by atoms with Gasteiger partial charge in [0, 0.05) is 13.1 Å². The molecule has 1 aliphatic rings. The van der Waals surface area contributed by atoms with Gasteiger partial charge in [-0.3, -0.25) is 0 Å². The maximum atomic E-state index is 12.9. The van der Waals surface area contributed by atoms with Crippen molar-refractivity contribution in [1.82, 2.24) is 4.31 Å². The Balaban J connectivity index is 2.39. The number of hydrogen-bond acceptors (Lipinski definition) is 3. The highest BCUT2D eigenvalue weighted by Crippen LogP contribution is 2.32. The van der Waals surface area contributed by atoms with E-state index in [1.165, 1.54) is 6.42 Å². The van der Waals surface area contributed by atoms with Crippen LogP contribution >= 0.6 is 0 Å². The first kappa shape index (κ1) is 15.3. The number of aryl methyl sites for hydroxylation is 1. The largest absolute Gasteiger partial charge is 0.398 e. The molecule has 2 rings (SSSR count). The number of hydrogen-bond donors (Lipinski definition) is 1. The molecule has 0 spiro atoms. The van der Waals surface area contributed by atoms with Crippen molar-refractivity contribution in [2.75, 3.05) is 18.8 Å². The van der Waals surface area contributed by atoms with Gasteiger partial charge in [0.2, 0.25) is 10.0 Å². The normalized spacial score (nSPS) is 16.4. The van der Waals surface area contributed by atoms with Gasteiger partial charge < -0.3 is 5.73 Å². The molecular formula is C15H24N2O2S. The molecular weight excluding hydrogens is 272 g/mol. The van der Waals surface area contributed by atoms with E-state index in [2.05, 4.69) is 0 Å². The lowest BCUT2D eigenvalue weighted by molar-refractivity contribution is 0.250. The maximum absolute atomic E-state index is 12.9. The molecule has 4 nitrogen and oxygen atoms in total. The summed E-state index contributed by atoms with van der Waals surface area (Å²) in [4.78, 5) is 0.290. The van der Waals surface area contributed by atoms with Crippen LogP contribution in [0.1, 0.15) is 37.3 Å². The van der Waals surface area contributed by atoms with Gasteiger partial charge in [-0.25, -0.2) is 8.42 Å². The Morgan fingerprint density at radius 1 is 1.30 bits per heavy atom. The quantitative estimate of drug-likeness (QED) is 0.850. The van der Waals surface area contributed by atoms with Crippen molar-refractivity contribution >= 4 is 15.7 Å². The molecule has 0 heterocycles. The second-order valence-corrected chi connectivity index (χ2v) is 7.55. The molecule has 0 amide bonds. The Hall–Kier alpha value is -1.07. The number of nitrogen functional groups attached to an aromatic ring is 1. The van der Waals surface area contributed by atoms with Gasteiger partial charge in [-0.2, -0.15) is 4.31 Å². The molecule has 0 unspecified atom stereocenters. The highest BCUT2D eigenvalue weighted by atomic mass is 32.2. The zero-order valence-corrected chi connectivity index (χ0v) is 13.3. The van der Waals surface area contributed by atoms with Crippen LogP contribution in [0.25, 0.3) is 0 Å². The summed E-state index contributed by atoms with van der Waals surface area (Å²) in [6.07, 6.45) is 3.48. The van der Waals surface area contributed by atoms with Crippen molar-refractivity contribution in [2.24, 2.45) is 5.92 Å². The lowest BCUT2D eigenvalue weighted by atomic mass is 9.85. The SMILES string of the molecule is CCN(CC1CCC1)S(=O)(=O)c1c(N)ccc(C)c1C. The van der Waals surface area contributed by atoms with Crippen molar-refractivity contribution < 1.29 is 8.42 Å². The number of benzene rings is 1. The van der Waals surface area contributed by atoms with Gasteiger partial charge in [0.05, 0.1) is 5.69 Å². The Morgan fingerprint density at radius 3 is 2.45 bits per heavy atom. The van der Waals surface area contributed by atoms with Crippen LogP contribution in [-0.2, 0) is 10.0 Å². The molecule has 1 aromatic carbocycles. The summed E-state index contributed by atoms with van der Waals surface area (Å²) in [5, 5.41) is 0. The van der Waals surface area contributed by atoms with Crippen LogP contribution in [0.2, 0.25) is 0 Å². The van der Waals surface area contributed by atoms with Gasteiger partial charge >= 0.3 is 0 Å². The topological polar surface area (TPSA) is 63.4 Å². The van der Waals surface area contributed by atoms with Crippen LogP contribution in [0.5, 0.6) is 0 Å². The Morgan fingerprint density at radius 2 is 1.95 bits per heavy atom. The number of nitrogens with zero attached hydrogens (tertiary/aromatic N) is 1. The minimum Gasteiger partial charge on any atom is -0.398 e. The molecule has 0 aliphatic heterocycles. The summed E-state index contributed by atoms with van der Waals surface area (Å²) in [6.45, 7) is 6.74. The van der Waals surface area contributed by atoms with Crippen LogP contribution < -0.4 is 5.73 Å². The third-order valence-electron chi connectivity index (χ3n) is 4.34. The van der Waals surface area contributed by atoms with Crippen LogP contribution in [-0.4, -0.2) is 25.8 Å². The Kier molecular flexibility index (Phi) is 4.39. The monoisotopic (exact) mass is 296 g/mol. The molecule has 20 heavy (non-hydrogen) atoms. The first-order valence-electron chi connectivity index (χ1n) is 7.23. The summed E-state index contributed by atoms with van der Waals surface area (Å²) in [7, 11) is -3.50. The fourth-order valence-corrected chi connectivity index (χ4v) is 4.56. The predicted octanol–water partition coefficient (Wildman–Crippen LogP) is 2.70. The van der Waals surface area contributed by atoms with E-state index in [1.807, 2.05) is 26.8 Å². The highest BCUT2D eigenvalue weighted by Gasteiger charge is 2.31. The zero-order chi connectivity index (χ0) is 14.9. The minimum atomic E-state index is -3.50. The summed E-state index contributed by atoms with van der Waals surface area (Å²) >= 11 is 0. The van der Waals surface area contributed by atoms with Crippen LogP contribution in [0.15, 0.2) is 17.0 Å². The average Bonchev–Trinajstić information content (AvgIpc) is 2.32. The molecule has 1 aliphatic carbocycles. The molecule has 112 valence electrons. The second kappa shape index (κ2) is 5.74. The van der Waals surface area contributed by atoms with Crippen LogP contribution in [0.4, 0.5) is 5.69 Å². The van der Waals surface area contributed by atoms with Crippen molar-refractivity contribution in [2.45, 2.75) is 44.9 Å². The third-order valence-corrected chi connectivity index (χ3v) is 6.49.